The van der Waals surface area contributed by atoms with Gasteiger partial charge in [-0.1, -0.05) is 153 Å². The van der Waals surface area contributed by atoms with E-state index in [0.29, 0.717) is 11.8 Å². The van der Waals surface area contributed by atoms with Gasteiger partial charge in [0.2, 0.25) is 0 Å². The minimum absolute atomic E-state index is 0.0724. The van der Waals surface area contributed by atoms with Crippen LogP contribution in [0.2, 0.25) is 0 Å². The molecule has 1 nitrogen and oxygen atoms in total. The number of hydrogen-bond donors (Lipinski definition) is 0. The number of hydrogen-bond acceptors (Lipinski definition) is 1. The molecule has 0 radical (unpaired) electrons. The Labute approximate surface area is 283 Å². The minimum Gasteiger partial charge on any atom is -0.310 e. The number of nitrogens with zero attached hydrogens (tertiary/aromatic N) is 1. The average molecular weight is 616 g/mol. The third-order valence-corrected chi connectivity index (χ3v) is 10.7. The van der Waals surface area contributed by atoms with Crippen LogP contribution in [-0.4, -0.2) is 0 Å². The molecule has 1 heteroatoms. The lowest BCUT2D eigenvalue weighted by Gasteiger charge is -2.29. The summed E-state index contributed by atoms with van der Waals surface area (Å²) in [5.41, 5.74) is 11.4. The molecule has 2 unspecified atom stereocenters. The van der Waals surface area contributed by atoms with Crippen molar-refractivity contribution in [1.29, 1.82) is 0 Å². The smallest absolute Gasteiger partial charge is 0.0546 e. The van der Waals surface area contributed by atoms with Crippen molar-refractivity contribution in [3.63, 3.8) is 0 Å². The van der Waals surface area contributed by atoms with Gasteiger partial charge in [0, 0.05) is 22.7 Å². The molecule has 2 aliphatic carbocycles. The van der Waals surface area contributed by atoms with E-state index < -0.39 is 0 Å². The monoisotopic (exact) mass is 615 g/mol. The highest BCUT2D eigenvalue weighted by Gasteiger charge is 2.44. The van der Waals surface area contributed by atoms with Crippen LogP contribution in [-0.2, 0) is 5.41 Å². The van der Waals surface area contributed by atoms with Crippen molar-refractivity contribution < 1.29 is 0 Å². The fraction of sp³-hybridized carbons (Fsp3) is 0.106. The van der Waals surface area contributed by atoms with E-state index in [1.165, 1.54) is 66.3 Å². The van der Waals surface area contributed by atoms with Gasteiger partial charge in [0.15, 0.2) is 0 Å². The second-order valence-electron chi connectivity index (χ2n) is 13.8. The Morgan fingerprint density at radius 3 is 2.00 bits per heavy atom. The summed E-state index contributed by atoms with van der Waals surface area (Å²) in [5.74, 6) is 0.836. The first-order valence-electron chi connectivity index (χ1n) is 17.0. The van der Waals surface area contributed by atoms with Crippen molar-refractivity contribution >= 4 is 38.6 Å². The van der Waals surface area contributed by atoms with E-state index in [1.54, 1.807) is 0 Å². The van der Waals surface area contributed by atoms with Crippen LogP contribution in [0.4, 0.5) is 17.1 Å². The molecule has 230 valence electrons. The molecule has 0 heterocycles. The normalized spacial score (nSPS) is 17.4. The van der Waals surface area contributed by atoms with Crippen molar-refractivity contribution in [1.82, 2.24) is 0 Å². The van der Waals surface area contributed by atoms with E-state index in [1.807, 2.05) is 0 Å². The second-order valence-corrected chi connectivity index (χ2v) is 13.8. The van der Waals surface area contributed by atoms with E-state index in [2.05, 4.69) is 195 Å². The summed E-state index contributed by atoms with van der Waals surface area (Å²) in [5, 5.41) is 4.98. The van der Waals surface area contributed by atoms with Crippen LogP contribution in [0.5, 0.6) is 0 Å². The summed E-state index contributed by atoms with van der Waals surface area (Å²) >= 11 is 0. The maximum absolute atomic E-state index is 2.48. The molecule has 7 aromatic carbocycles. The zero-order valence-corrected chi connectivity index (χ0v) is 27.3. The first-order valence-corrected chi connectivity index (χ1v) is 17.0. The molecule has 0 saturated carbocycles. The lowest BCUT2D eigenvalue weighted by molar-refractivity contribution is 0.394. The predicted octanol–water partition coefficient (Wildman–Crippen LogP) is 12.9. The molecule has 0 saturated heterocycles. The van der Waals surface area contributed by atoms with Crippen LogP contribution >= 0.6 is 0 Å². The van der Waals surface area contributed by atoms with E-state index in [0.717, 1.165) is 5.69 Å². The molecular weight excluding hydrogens is 579 g/mol. The van der Waals surface area contributed by atoms with Gasteiger partial charge in [-0.2, -0.15) is 0 Å². The molecule has 0 amide bonds. The highest BCUT2D eigenvalue weighted by Crippen LogP contribution is 2.54. The van der Waals surface area contributed by atoms with Gasteiger partial charge in [-0.15, -0.1) is 0 Å². The Morgan fingerprint density at radius 2 is 1.17 bits per heavy atom. The van der Waals surface area contributed by atoms with Crippen LogP contribution in [0.3, 0.4) is 0 Å². The molecule has 0 bridgehead atoms. The van der Waals surface area contributed by atoms with E-state index in [-0.39, 0.29) is 5.41 Å². The quantitative estimate of drug-likeness (QED) is 0.186. The standard InChI is InChI=1S/C47H37N/c1-47(2)44-22-11-10-20-42(44)43-31-38(27-28-45(43)47)48(37-25-23-33(24-26-37)32-13-4-3-5-14-32)46-30-36(29-35-16-7-9-19-41(35)46)40-21-12-17-34-15-6-8-18-39(34)40/h3-31,42,44H,1-2H3. The number of anilines is 3. The Bertz CT molecular complexity index is 2370. The molecule has 48 heavy (non-hydrogen) atoms. The lowest BCUT2D eigenvalue weighted by atomic mass is 9.74. The van der Waals surface area contributed by atoms with Crippen LogP contribution in [0.1, 0.15) is 30.9 Å². The summed E-state index contributed by atoms with van der Waals surface area (Å²) in [4.78, 5) is 2.48. The zero-order chi connectivity index (χ0) is 32.2. The van der Waals surface area contributed by atoms with Gasteiger partial charge in [0.05, 0.1) is 5.69 Å². The Morgan fingerprint density at radius 1 is 0.500 bits per heavy atom. The zero-order valence-electron chi connectivity index (χ0n) is 27.3. The van der Waals surface area contributed by atoms with Gasteiger partial charge in [0.1, 0.15) is 0 Å². The van der Waals surface area contributed by atoms with E-state index in [9.17, 15) is 0 Å². The first kappa shape index (κ1) is 28.6. The van der Waals surface area contributed by atoms with Crippen LogP contribution in [0, 0.1) is 5.92 Å². The largest absolute Gasteiger partial charge is 0.310 e. The predicted molar refractivity (Wildman–Crippen MR) is 205 cm³/mol. The van der Waals surface area contributed by atoms with Gasteiger partial charge in [-0.25, -0.2) is 0 Å². The van der Waals surface area contributed by atoms with Gasteiger partial charge in [0.25, 0.3) is 0 Å². The Balaban J connectivity index is 1.28. The number of rotatable bonds is 5. The van der Waals surface area contributed by atoms with Crippen molar-refractivity contribution in [3.05, 3.63) is 187 Å². The van der Waals surface area contributed by atoms with Crippen LogP contribution in [0.25, 0.3) is 43.8 Å². The molecule has 0 aromatic heterocycles. The van der Waals surface area contributed by atoms with Gasteiger partial charge in [-0.3, -0.25) is 0 Å². The average Bonchev–Trinajstić information content (AvgIpc) is 3.37. The lowest BCUT2D eigenvalue weighted by Crippen LogP contribution is -2.24. The second kappa shape index (κ2) is 11.2. The van der Waals surface area contributed by atoms with Crippen molar-refractivity contribution in [3.8, 4) is 22.3 Å². The number of fused-ring (bicyclic) bond motifs is 5. The molecule has 0 fully saturated rings. The highest BCUT2D eigenvalue weighted by atomic mass is 15.1. The molecule has 0 N–H and O–H groups in total. The molecule has 2 aliphatic rings. The summed E-state index contributed by atoms with van der Waals surface area (Å²) in [6.07, 6.45) is 9.25. The maximum Gasteiger partial charge on any atom is 0.0546 e. The summed E-state index contributed by atoms with van der Waals surface area (Å²) < 4.78 is 0. The number of allylic oxidation sites excluding steroid dienone is 4. The summed E-state index contributed by atoms with van der Waals surface area (Å²) in [7, 11) is 0. The molecular formula is C47H37N. The molecule has 0 aliphatic heterocycles. The highest BCUT2D eigenvalue weighted by molar-refractivity contribution is 6.05. The van der Waals surface area contributed by atoms with Gasteiger partial charge < -0.3 is 4.90 Å². The molecule has 9 rings (SSSR count). The van der Waals surface area contributed by atoms with Crippen molar-refractivity contribution in [2.45, 2.75) is 25.2 Å². The van der Waals surface area contributed by atoms with Gasteiger partial charge in [-0.05, 0) is 97.3 Å². The van der Waals surface area contributed by atoms with Crippen molar-refractivity contribution in [2.75, 3.05) is 4.90 Å². The number of benzene rings is 7. The van der Waals surface area contributed by atoms with Crippen LogP contribution in [0.15, 0.2) is 176 Å². The third-order valence-electron chi connectivity index (χ3n) is 10.7. The molecule has 0 spiro atoms. The summed E-state index contributed by atoms with van der Waals surface area (Å²) in [6, 6.07) is 55.9. The fourth-order valence-corrected chi connectivity index (χ4v) is 8.29. The van der Waals surface area contributed by atoms with Gasteiger partial charge >= 0.3 is 0 Å². The Kier molecular flexibility index (Phi) is 6.69. The van der Waals surface area contributed by atoms with E-state index in [4.69, 9.17) is 0 Å². The van der Waals surface area contributed by atoms with Crippen molar-refractivity contribution in [2.24, 2.45) is 5.92 Å². The fourth-order valence-electron chi connectivity index (χ4n) is 8.29. The molecule has 2 atom stereocenters. The Hall–Kier alpha value is -5.66. The SMILES string of the molecule is CC1(C)c2ccc(N(c3ccc(-c4ccccc4)cc3)c3cc(-c4cccc5ccccc45)cc4ccccc34)cc2C2C=CC=CC21. The maximum atomic E-state index is 2.48. The first-order chi connectivity index (χ1) is 23.6. The van der Waals surface area contributed by atoms with E-state index >= 15 is 0 Å². The molecule has 7 aromatic rings. The third kappa shape index (κ3) is 4.61. The summed E-state index contributed by atoms with van der Waals surface area (Å²) in [6.45, 7) is 4.81. The van der Waals surface area contributed by atoms with Crippen LogP contribution < -0.4 is 4.90 Å². The topological polar surface area (TPSA) is 3.24 Å². The minimum atomic E-state index is 0.0724.